The lowest BCUT2D eigenvalue weighted by Gasteiger charge is -2.29. The topological polar surface area (TPSA) is 21.1 Å². The van der Waals surface area contributed by atoms with Gasteiger partial charge in [-0.1, -0.05) is 19.6 Å². The van der Waals surface area contributed by atoms with E-state index in [0.29, 0.717) is 0 Å². The first-order valence-electron chi connectivity index (χ1n) is 4.13. The lowest BCUT2D eigenvalue weighted by Crippen LogP contribution is -2.43. The first-order chi connectivity index (χ1) is 5.41. The first-order valence-corrected chi connectivity index (χ1v) is 7.58. The van der Waals surface area contributed by atoms with Gasteiger partial charge in [0.05, 0.1) is 6.33 Å². The van der Waals surface area contributed by atoms with Crippen molar-refractivity contribution < 1.29 is 0 Å². The molecular formula is C8H17N3Si. The van der Waals surface area contributed by atoms with Crippen LogP contribution in [0.3, 0.4) is 0 Å². The third kappa shape index (κ3) is 1.88. The maximum atomic E-state index is 4.31. The Balaban J connectivity index is 2.85. The second-order valence-corrected chi connectivity index (χ2v) is 9.14. The zero-order valence-corrected chi connectivity index (χ0v) is 9.50. The van der Waals surface area contributed by atoms with E-state index in [-0.39, 0.29) is 0 Å². The molecule has 0 aliphatic heterocycles. The number of hydrogen-bond donors (Lipinski definition) is 0. The van der Waals surface area contributed by atoms with E-state index in [4.69, 9.17) is 0 Å². The Labute approximate surface area is 75.1 Å². The standard InChI is InChI=1S/C8H17N3Si/c1-10-6-8(9-7-10)11(2)12(3,4)5/h6-7H,1-5H3. The van der Waals surface area contributed by atoms with Crippen molar-refractivity contribution in [3.05, 3.63) is 12.5 Å². The highest BCUT2D eigenvalue weighted by Crippen LogP contribution is 2.15. The van der Waals surface area contributed by atoms with Gasteiger partial charge in [-0.3, -0.25) is 0 Å². The van der Waals surface area contributed by atoms with Gasteiger partial charge in [-0.15, -0.1) is 0 Å². The first kappa shape index (κ1) is 9.32. The molecule has 0 spiro atoms. The van der Waals surface area contributed by atoms with Crippen LogP contribution in [-0.2, 0) is 7.05 Å². The van der Waals surface area contributed by atoms with Crippen molar-refractivity contribution in [1.82, 2.24) is 9.55 Å². The molecule has 0 radical (unpaired) electrons. The molecule has 0 atom stereocenters. The number of hydrogen-bond acceptors (Lipinski definition) is 2. The molecule has 1 aromatic heterocycles. The third-order valence-corrected chi connectivity index (χ3v) is 4.28. The molecule has 1 heterocycles. The van der Waals surface area contributed by atoms with E-state index in [9.17, 15) is 0 Å². The summed E-state index contributed by atoms with van der Waals surface area (Å²) in [6.45, 7) is 6.92. The average Bonchev–Trinajstić information content (AvgIpc) is 2.32. The molecule has 0 unspecified atom stereocenters. The summed E-state index contributed by atoms with van der Waals surface area (Å²) in [5.74, 6) is 1.08. The molecule has 1 rings (SSSR count). The lowest BCUT2D eigenvalue weighted by atomic mass is 10.7. The average molecular weight is 183 g/mol. The van der Waals surface area contributed by atoms with Gasteiger partial charge < -0.3 is 9.13 Å². The molecule has 0 aromatic carbocycles. The van der Waals surface area contributed by atoms with Gasteiger partial charge in [-0.25, -0.2) is 4.98 Å². The van der Waals surface area contributed by atoms with E-state index in [1.807, 2.05) is 17.9 Å². The molecule has 0 saturated heterocycles. The fourth-order valence-electron chi connectivity index (χ4n) is 0.916. The van der Waals surface area contributed by atoms with Crippen molar-refractivity contribution in [2.75, 3.05) is 11.6 Å². The van der Waals surface area contributed by atoms with Crippen LogP contribution in [0.25, 0.3) is 0 Å². The summed E-state index contributed by atoms with van der Waals surface area (Å²) in [5.41, 5.74) is 0. The molecule has 0 aliphatic rings. The largest absolute Gasteiger partial charge is 0.385 e. The lowest BCUT2D eigenvalue weighted by molar-refractivity contribution is 0.913. The van der Waals surface area contributed by atoms with Crippen LogP contribution in [0.5, 0.6) is 0 Å². The third-order valence-electron chi connectivity index (χ3n) is 2.04. The Bertz CT molecular complexity index is 262. The van der Waals surface area contributed by atoms with E-state index in [1.165, 1.54) is 0 Å². The smallest absolute Gasteiger partial charge is 0.149 e. The second-order valence-electron chi connectivity index (χ2n) is 4.13. The second kappa shape index (κ2) is 2.93. The van der Waals surface area contributed by atoms with Crippen molar-refractivity contribution in [1.29, 1.82) is 0 Å². The van der Waals surface area contributed by atoms with Gasteiger partial charge in [0.25, 0.3) is 0 Å². The number of nitrogens with zero attached hydrogens (tertiary/aromatic N) is 3. The quantitative estimate of drug-likeness (QED) is 0.651. The number of rotatable bonds is 2. The van der Waals surface area contributed by atoms with Crippen LogP contribution < -0.4 is 4.57 Å². The van der Waals surface area contributed by atoms with E-state index in [0.717, 1.165) is 5.82 Å². The molecule has 0 amide bonds. The maximum Gasteiger partial charge on any atom is 0.149 e. The van der Waals surface area contributed by atoms with E-state index < -0.39 is 8.24 Å². The summed E-state index contributed by atoms with van der Waals surface area (Å²) in [5, 5.41) is 0. The molecule has 0 aliphatic carbocycles. The van der Waals surface area contributed by atoms with Crippen LogP contribution >= 0.6 is 0 Å². The van der Waals surface area contributed by atoms with Crippen molar-refractivity contribution >= 4 is 14.1 Å². The highest BCUT2D eigenvalue weighted by Gasteiger charge is 2.21. The Morgan fingerprint density at radius 1 is 1.42 bits per heavy atom. The van der Waals surface area contributed by atoms with Gasteiger partial charge >= 0.3 is 0 Å². The Hall–Kier alpha value is -0.773. The summed E-state index contributed by atoms with van der Waals surface area (Å²) in [7, 11) is 2.88. The van der Waals surface area contributed by atoms with Gasteiger partial charge in [-0.2, -0.15) is 0 Å². The summed E-state index contributed by atoms with van der Waals surface area (Å²) >= 11 is 0. The molecule has 4 heteroatoms. The minimum absolute atomic E-state index is 1.08. The minimum Gasteiger partial charge on any atom is -0.385 e. The van der Waals surface area contributed by atoms with Crippen LogP contribution in [0.1, 0.15) is 0 Å². The van der Waals surface area contributed by atoms with Crippen LogP contribution in [0.15, 0.2) is 12.5 Å². The zero-order valence-electron chi connectivity index (χ0n) is 8.50. The minimum atomic E-state index is -1.23. The SMILES string of the molecule is CN(c1cn(C)cn1)[Si](C)(C)C. The van der Waals surface area contributed by atoms with Crippen LogP contribution in [0.2, 0.25) is 19.6 Å². The Morgan fingerprint density at radius 2 is 2.00 bits per heavy atom. The molecule has 1 aromatic rings. The Morgan fingerprint density at radius 3 is 2.33 bits per heavy atom. The van der Waals surface area contributed by atoms with Gasteiger partial charge in [0.15, 0.2) is 0 Å². The zero-order chi connectivity index (χ0) is 9.35. The van der Waals surface area contributed by atoms with Crippen molar-refractivity contribution in [2.24, 2.45) is 7.05 Å². The molecule has 0 N–H and O–H groups in total. The predicted octanol–water partition coefficient (Wildman–Crippen LogP) is 1.69. The predicted molar refractivity (Wildman–Crippen MR) is 55.0 cm³/mol. The number of aryl methyl sites for hydroxylation is 1. The van der Waals surface area contributed by atoms with Crippen LogP contribution in [0.4, 0.5) is 5.82 Å². The molecule has 0 fully saturated rings. The van der Waals surface area contributed by atoms with Crippen molar-refractivity contribution in [3.63, 3.8) is 0 Å². The molecule has 0 saturated carbocycles. The summed E-state index contributed by atoms with van der Waals surface area (Å²) in [6, 6.07) is 0. The normalized spacial score (nSPS) is 11.8. The number of anilines is 1. The van der Waals surface area contributed by atoms with Gasteiger partial charge in [0.1, 0.15) is 14.1 Å². The van der Waals surface area contributed by atoms with Gasteiger partial charge in [0.2, 0.25) is 0 Å². The summed E-state index contributed by atoms with van der Waals surface area (Å²) in [6.07, 6.45) is 3.89. The molecular weight excluding hydrogens is 166 g/mol. The molecule has 0 bridgehead atoms. The molecule has 68 valence electrons. The summed E-state index contributed by atoms with van der Waals surface area (Å²) in [4.78, 5) is 4.31. The van der Waals surface area contributed by atoms with E-state index >= 15 is 0 Å². The summed E-state index contributed by atoms with van der Waals surface area (Å²) < 4.78 is 4.28. The monoisotopic (exact) mass is 183 g/mol. The van der Waals surface area contributed by atoms with Crippen LogP contribution in [-0.4, -0.2) is 24.8 Å². The number of imidazole rings is 1. The van der Waals surface area contributed by atoms with Crippen molar-refractivity contribution in [2.45, 2.75) is 19.6 Å². The molecule has 3 nitrogen and oxygen atoms in total. The van der Waals surface area contributed by atoms with E-state index in [2.05, 4.69) is 42.4 Å². The highest BCUT2D eigenvalue weighted by molar-refractivity contribution is 6.79. The fraction of sp³-hybridized carbons (Fsp3) is 0.625. The van der Waals surface area contributed by atoms with Gasteiger partial charge in [0, 0.05) is 13.2 Å². The van der Waals surface area contributed by atoms with Crippen molar-refractivity contribution in [3.8, 4) is 0 Å². The molecule has 12 heavy (non-hydrogen) atoms. The van der Waals surface area contributed by atoms with Crippen LogP contribution in [0, 0.1) is 0 Å². The van der Waals surface area contributed by atoms with Gasteiger partial charge in [-0.05, 0) is 7.05 Å². The maximum absolute atomic E-state index is 4.31. The number of aromatic nitrogens is 2. The Kier molecular flexibility index (Phi) is 2.28. The highest BCUT2D eigenvalue weighted by atomic mass is 28.3. The van der Waals surface area contributed by atoms with E-state index in [1.54, 1.807) is 0 Å². The fourth-order valence-corrected chi connectivity index (χ4v) is 1.72.